The Labute approximate surface area is 211 Å². The summed E-state index contributed by atoms with van der Waals surface area (Å²) >= 11 is 0. The lowest BCUT2D eigenvalue weighted by atomic mass is 10.1. The minimum absolute atomic E-state index is 0.243. The molecule has 10 heteroatoms. The van der Waals surface area contributed by atoms with Crippen molar-refractivity contribution >= 4 is 34.3 Å². The first-order valence-corrected chi connectivity index (χ1v) is 11.4. The predicted molar refractivity (Wildman–Crippen MR) is 138 cm³/mol. The molecule has 0 radical (unpaired) electrons. The molecule has 0 aliphatic rings. The number of benzene rings is 2. The number of nitrogens with zero attached hydrogens (tertiary/aromatic N) is 4. The van der Waals surface area contributed by atoms with Crippen LogP contribution in [0.4, 0.5) is 21.7 Å². The van der Waals surface area contributed by atoms with Gasteiger partial charge in [0, 0.05) is 30.2 Å². The molecule has 1 amide bonds. The van der Waals surface area contributed by atoms with Crippen LogP contribution in [0.15, 0.2) is 73.1 Å². The first-order chi connectivity index (χ1) is 18.0. The number of nitriles is 1. The molecule has 0 aliphatic heterocycles. The van der Waals surface area contributed by atoms with Crippen molar-refractivity contribution in [2.45, 2.75) is 6.42 Å². The Hall–Kier alpha value is -5.30. The Kier molecular flexibility index (Phi) is 6.42. The number of fused-ring (bicyclic) bond motifs is 1. The minimum atomic E-state index is -0.372. The van der Waals surface area contributed by atoms with E-state index in [1.165, 1.54) is 24.4 Å². The largest absolute Gasteiger partial charge is 0.382 e. The van der Waals surface area contributed by atoms with Gasteiger partial charge in [0.2, 0.25) is 0 Å². The number of carbonyl (C=O) groups excluding carboxylic acids is 1. The van der Waals surface area contributed by atoms with Crippen LogP contribution in [0.1, 0.15) is 21.5 Å². The average Bonchev–Trinajstić information content (AvgIpc) is 3.30. The number of hydrogen-bond donors (Lipinski definition) is 4. The smallest absolute Gasteiger partial charge is 0.255 e. The van der Waals surface area contributed by atoms with Crippen LogP contribution in [-0.4, -0.2) is 32.6 Å². The summed E-state index contributed by atoms with van der Waals surface area (Å²) in [6, 6.07) is 19.1. The topological polar surface area (TPSA) is 145 Å². The van der Waals surface area contributed by atoms with E-state index >= 15 is 0 Å². The Morgan fingerprint density at radius 1 is 1.03 bits per heavy atom. The zero-order chi connectivity index (χ0) is 25.8. The first kappa shape index (κ1) is 23.4. The second-order valence-corrected chi connectivity index (χ2v) is 8.30. The number of aromatic amines is 1. The lowest BCUT2D eigenvalue weighted by Crippen LogP contribution is -2.26. The van der Waals surface area contributed by atoms with E-state index in [1.807, 2.05) is 36.4 Å². The van der Waals surface area contributed by atoms with E-state index in [0.717, 1.165) is 22.1 Å². The van der Waals surface area contributed by atoms with E-state index in [4.69, 9.17) is 5.73 Å². The van der Waals surface area contributed by atoms with E-state index in [0.29, 0.717) is 35.9 Å². The molecule has 5 rings (SSSR count). The van der Waals surface area contributed by atoms with Gasteiger partial charge in [-0.15, -0.1) is 0 Å². The zero-order valence-electron chi connectivity index (χ0n) is 19.5. The minimum Gasteiger partial charge on any atom is -0.382 e. The summed E-state index contributed by atoms with van der Waals surface area (Å²) in [4.78, 5) is 21.6. The molecule has 3 heterocycles. The number of H-pyrrole nitrogens is 1. The van der Waals surface area contributed by atoms with Crippen LogP contribution in [0.5, 0.6) is 0 Å². The van der Waals surface area contributed by atoms with Crippen LogP contribution >= 0.6 is 0 Å². The quantitative estimate of drug-likeness (QED) is 0.265. The third-order valence-electron chi connectivity index (χ3n) is 5.80. The maximum Gasteiger partial charge on any atom is 0.255 e. The Bertz CT molecular complexity index is 1620. The van der Waals surface area contributed by atoms with E-state index in [-0.39, 0.29) is 22.9 Å². The van der Waals surface area contributed by atoms with Gasteiger partial charge in [0.25, 0.3) is 5.91 Å². The summed E-state index contributed by atoms with van der Waals surface area (Å²) in [5.41, 5.74) is 10.4. The summed E-state index contributed by atoms with van der Waals surface area (Å²) in [5, 5.41) is 22.8. The number of hydrogen-bond acceptors (Lipinski definition) is 7. The fourth-order valence-corrected chi connectivity index (χ4v) is 3.83. The van der Waals surface area contributed by atoms with Crippen molar-refractivity contribution in [1.29, 1.82) is 5.26 Å². The molecule has 0 bridgehead atoms. The van der Waals surface area contributed by atoms with Crippen molar-refractivity contribution in [2.24, 2.45) is 0 Å². The van der Waals surface area contributed by atoms with E-state index in [9.17, 15) is 14.4 Å². The van der Waals surface area contributed by atoms with Gasteiger partial charge < -0.3 is 16.4 Å². The fraction of sp³-hybridized carbons (Fsp3) is 0.0741. The molecule has 0 atom stereocenters. The monoisotopic (exact) mass is 492 g/mol. The standard InChI is InChI=1S/C27H21FN8O/c28-20-5-1-16(2-6-20)9-10-31-27(37)23-11-17(13-29)14-32-25(23)34-21-7-3-18(4-8-21)19-12-22-24(30)35-36-26(22)33-15-19/h1-8,11-12,14-15H,9-10H2,(H,31,37)(H,32,34)(H3,30,33,35,36). The third kappa shape index (κ3) is 5.21. The second kappa shape index (κ2) is 10.1. The van der Waals surface area contributed by atoms with Gasteiger partial charge in [-0.05, 0) is 53.9 Å². The molecule has 3 aromatic heterocycles. The summed E-state index contributed by atoms with van der Waals surface area (Å²) in [5.74, 6) is 0.0255. The van der Waals surface area contributed by atoms with Crippen molar-refractivity contribution in [1.82, 2.24) is 25.5 Å². The Balaban J connectivity index is 1.31. The predicted octanol–water partition coefficient (Wildman–Crippen LogP) is 4.33. The fourth-order valence-electron chi connectivity index (χ4n) is 3.83. The molecule has 0 spiro atoms. The van der Waals surface area contributed by atoms with E-state index in [2.05, 4.69) is 30.8 Å². The average molecular weight is 493 g/mol. The van der Waals surface area contributed by atoms with Crippen LogP contribution in [0.3, 0.4) is 0 Å². The number of anilines is 3. The molecule has 0 saturated carbocycles. The molecule has 5 N–H and O–H groups in total. The summed E-state index contributed by atoms with van der Waals surface area (Å²) in [7, 11) is 0. The van der Waals surface area contributed by atoms with Crippen LogP contribution in [-0.2, 0) is 6.42 Å². The lowest BCUT2D eigenvalue weighted by molar-refractivity contribution is 0.0954. The van der Waals surface area contributed by atoms with Gasteiger partial charge in [0.05, 0.1) is 16.5 Å². The molecule has 9 nitrogen and oxygen atoms in total. The third-order valence-corrected chi connectivity index (χ3v) is 5.80. The van der Waals surface area contributed by atoms with Gasteiger partial charge in [-0.2, -0.15) is 10.4 Å². The van der Waals surface area contributed by atoms with Crippen LogP contribution < -0.4 is 16.4 Å². The molecule has 0 fully saturated rings. The summed E-state index contributed by atoms with van der Waals surface area (Å²) in [6.45, 7) is 0.342. The summed E-state index contributed by atoms with van der Waals surface area (Å²) < 4.78 is 13.1. The highest BCUT2D eigenvalue weighted by Gasteiger charge is 2.15. The van der Waals surface area contributed by atoms with Gasteiger partial charge in [0.15, 0.2) is 11.5 Å². The molecule has 0 aliphatic carbocycles. The highest BCUT2D eigenvalue weighted by atomic mass is 19.1. The number of rotatable bonds is 7. The van der Waals surface area contributed by atoms with Crippen molar-refractivity contribution in [3.8, 4) is 17.2 Å². The first-order valence-electron chi connectivity index (χ1n) is 11.4. The highest BCUT2D eigenvalue weighted by Crippen LogP contribution is 2.27. The lowest BCUT2D eigenvalue weighted by Gasteiger charge is -2.12. The van der Waals surface area contributed by atoms with Gasteiger partial charge in [-0.1, -0.05) is 24.3 Å². The molecular weight excluding hydrogens is 471 g/mol. The van der Waals surface area contributed by atoms with E-state index < -0.39 is 0 Å². The van der Waals surface area contributed by atoms with Crippen molar-refractivity contribution in [3.05, 3.63) is 95.6 Å². The maximum atomic E-state index is 13.1. The molecular formula is C27H21FN8O. The Morgan fingerprint density at radius 2 is 1.81 bits per heavy atom. The number of halogens is 1. The normalized spacial score (nSPS) is 10.7. The number of pyridine rings is 2. The van der Waals surface area contributed by atoms with Gasteiger partial charge in [0.1, 0.15) is 17.7 Å². The van der Waals surface area contributed by atoms with Gasteiger partial charge in [-0.25, -0.2) is 14.4 Å². The summed E-state index contributed by atoms with van der Waals surface area (Å²) in [6.07, 6.45) is 3.67. The van der Waals surface area contributed by atoms with E-state index in [1.54, 1.807) is 18.3 Å². The molecule has 37 heavy (non-hydrogen) atoms. The van der Waals surface area contributed by atoms with Gasteiger partial charge in [-0.3, -0.25) is 9.89 Å². The molecule has 0 unspecified atom stereocenters. The number of nitrogens with two attached hydrogens (primary N) is 1. The van der Waals surface area contributed by atoms with Gasteiger partial charge >= 0.3 is 0 Å². The zero-order valence-corrected chi connectivity index (χ0v) is 19.5. The maximum absolute atomic E-state index is 13.1. The highest BCUT2D eigenvalue weighted by molar-refractivity contribution is 5.99. The Morgan fingerprint density at radius 3 is 2.57 bits per heavy atom. The van der Waals surface area contributed by atoms with Crippen LogP contribution in [0, 0.1) is 17.1 Å². The molecule has 182 valence electrons. The molecule has 0 saturated heterocycles. The number of amides is 1. The van der Waals surface area contributed by atoms with Crippen LogP contribution in [0.2, 0.25) is 0 Å². The van der Waals surface area contributed by atoms with Crippen molar-refractivity contribution in [2.75, 3.05) is 17.6 Å². The number of nitrogen functional groups attached to an aromatic ring is 1. The molecule has 2 aromatic carbocycles. The van der Waals surface area contributed by atoms with Crippen molar-refractivity contribution < 1.29 is 9.18 Å². The second-order valence-electron chi connectivity index (χ2n) is 8.30. The SMILES string of the molecule is N#Cc1cnc(Nc2ccc(-c3cnc4[nH]nc(N)c4c3)cc2)c(C(=O)NCCc2ccc(F)cc2)c1. The number of aromatic nitrogens is 4. The van der Waals surface area contributed by atoms with Crippen LogP contribution in [0.25, 0.3) is 22.2 Å². The van der Waals surface area contributed by atoms with Crippen molar-refractivity contribution in [3.63, 3.8) is 0 Å². The number of nitrogens with one attached hydrogen (secondary N) is 3. The number of carbonyl (C=O) groups is 1. The molecule has 5 aromatic rings.